The van der Waals surface area contributed by atoms with Crippen molar-refractivity contribution in [3.8, 4) is 10.4 Å². The highest BCUT2D eigenvalue weighted by atomic mass is 32.1. The minimum Gasteiger partial charge on any atom is -0.340 e. The third-order valence-corrected chi connectivity index (χ3v) is 6.66. The molecule has 0 saturated carbocycles. The van der Waals surface area contributed by atoms with Gasteiger partial charge in [0.25, 0.3) is 5.91 Å². The van der Waals surface area contributed by atoms with Gasteiger partial charge in [-0.3, -0.25) is 4.79 Å². The second-order valence-corrected chi connectivity index (χ2v) is 8.96. The number of imidazole rings is 1. The number of rotatable bonds is 3. The number of aromatic amines is 1. The number of carbonyl (C=O) groups is 1. The maximum Gasteiger partial charge on any atom is 0.418 e. The highest BCUT2D eigenvalue weighted by molar-refractivity contribution is 7.15. The van der Waals surface area contributed by atoms with Crippen LogP contribution < -0.4 is 0 Å². The smallest absolute Gasteiger partial charge is 0.340 e. The number of halogens is 3. The highest BCUT2D eigenvalue weighted by Gasteiger charge is 2.37. The fourth-order valence-electron chi connectivity index (χ4n) is 4.23. The summed E-state index contributed by atoms with van der Waals surface area (Å²) in [4.78, 5) is 27.8. The Hall–Kier alpha value is -3.20. The molecular formula is C23H19F3N4OS. The molecule has 0 aliphatic carbocycles. The van der Waals surface area contributed by atoms with E-state index in [0.29, 0.717) is 30.0 Å². The first kappa shape index (κ1) is 20.7. The van der Waals surface area contributed by atoms with E-state index in [0.717, 1.165) is 27.9 Å². The zero-order chi connectivity index (χ0) is 22.5. The van der Waals surface area contributed by atoms with Crippen LogP contribution in [0.4, 0.5) is 13.2 Å². The van der Waals surface area contributed by atoms with Crippen LogP contribution in [0, 0.1) is 6.92 Å². The van der Waals surface area contributed by atoms with Crippen LogP contribution in [-0.4, -0.2) is 32.3 Å². The van der Waals surface area contributed by atoms with E-state index < -0.39 is 17.8 Å². The summed E-state index contributed by atoms with van der Waals surface area (Å²) in [7, 11) is 0. The van der Waals surface area contributed by atoms with Gasteiger partial charge in [0.2, 0.25) is 0 Å². The third-order valence-electron chi connectivity index (χ3n) is 5.64. The first-order valence-electron chi connectivity index (χ1n) is 10.2. The number of para-hydroxylation sites is 1. The number of aryl methyl sites for hydroxylation is 1. The van der Waals surface area contributed by atoms with Crippen molar-refractivity contribution in [3.63, 3.8) is 0 Å². The summed E-state index contributed by atoms with van der Waals surface area (Å²) in [5.41, 5.74) is 0.690. The van der Waals surface area contributed by atoms with Gasteiger partial charge in [0, 0.05) is 6.54 Å². The van der Waals surface area contributed by atoms with E-state index in [-0.39, 0.29) is 11.4 Å². The fourth-order valence-corrected chi connectivity index (χ4v) is 5.14. The fraction of sp³-hybridized carbons (Fsp3) is 0.261. The van der Waals surface area contributed by atoms with Crippen molar-refractivity contribution in [2.45, 2.75) is 32.0 Å². The summed E-state index contributed by atoms with van der Waals surface area (Å²) in [6.45, 7) is 2.35. The van der Waals surface area contributed by atoms with Gasteiger partial charge in [-0.25, -0.2) is 9.97 Å². The maximum absolute atomic E-state index is 13.5. The predicted octanol–water partition coefficient (Wildman–Crippen LogP) is 5.99. The SMILES string of the molecule is Cc1nc(C(=O)N2CCCC2c2nc3c(C(F)(F)F)cccc3[nH]2)c(-c2ccccc2)s1. The van der Waals surface area contributed by atoms with Crippen molar-refractivity contribution in [1.82, 2.24) is 19.9 Å². The number of thiazole rings is 1. The number of hydrogen-bond donors (Lipinski definition) is 1. The van der Waals surface area contributed by atoms with Crippen LogP contribution in [-0.2, 0) is 6.18 Å². The van der Waals surface area contributed by atoms with Crippen molar-refractivity contribution in [2.24, 2.45) is 0 Å². The van der Waals surface area contributed by atoms with Crippen LogP contribution in [0.25, 0.3) is 21.5 Å². The van der Waals surface area contributed by atoms with E-state index in [9.17, 15) is 18.0 Å². The quantitative estimate of drug-likeness (QED) is 0.412. The molecule has 1 fully saturated rings. The van der Waals surface area contributed by atoms with Gasteiger partial charge >= 0.3 is 6.18 Å². The lowest BCUT2D eigenvalue weighted by Crippen LogP contribution is -2.31. The Bertz CT molecular complexity index is 1300. The number of hydrogen-bond acceptors (Lipinski definition) is 4. The summed E-state index contributed by atoms with van der Waals surface area (Å²) in [6, 6.07) is 13.1. The molecular weight excluding hydrogens is 437 g/mol. The van der Waals surface area contributed by atoms with E-state index in [1.807, 2.05) is 37.3 Å². The normalized spacial score (nSPS) is 16.8. The van der Waals surface area contributed by atoms with Crippen LogP contribution in [0.2, 0.25) is 0 Å². The van der Waals surface area contributed by atoms with E-state index in [1.54, 1.807) is 11.0 Å². The predicted molar refractivity (Wildman–Crippen MR) is 116 cm³/mol. The summed E-state index contributed by atoms with van der Waals surface area (Å²) in [6.07, 6.45) is -3.14. The Kier molecular flexibility index (Phi) is 5.00. The summed E-state index contributed by atoms with van der Waals surface area (Å²) in [5.74, 6) is 0.142. The lowest BCUT2D eigenvalue weighted by Gasteiger charge is -2.22. The van der Waals surface area contributed by atoms with Crippen molar-refractivity contribution >= 4 is 28.3 Å². The molecule has 2 aromatic heterocycles. The molecule has 5 nitrogen and oxygen atoms in total. The summed E-state index contributed by atoms with van der Waals surface area (Å²) < 4.78 is 40.2. The number of benzene rings is 2. The zero-order valence-corrected chi connectivity index (χ0v) is 17.9. The topological polar surface area (TPSA) is 61.9 Å². The van der Waals surface area contributed by atoms with Crippen LogP contribution in [0.3, 0.4) is 0 Å². The van der Waals surface area contributed by atoms with E-state index >= 15 is 0 Å². The molecule has 0 bridgehead atoms. The molecule has 1 atom stereocenters. The van der Waals surface area contributed by atoms with Crippen LogP contribution >= 0.6 is 11.3 Å². The Balaban J connectivity index is 1.52. The number of amides is 1. The first-order valence-corrected chi connectivity index (χ1v) is 11.0. The Morgan fingerprint density at radius 1 is 1.12 bits per heavy atom. The summed E-state index contributed by atoms with van der Waals surface area (Å²) >= 11 is 1.45. The van der Waals surface area contributed by atoms with Crippen molar-refractivity contribution in [2.75, 3.05) is 6.54 Å². The van der Waals surface area contributed by atoms with Crippen LogP contribution in [0.15, 0.2) is 48.5 Å². The van der Waals surface area contributed by atoms with Gasteiger partial charge < -0.3 is 9.88 Å². The number of nitrogens with zero attached hydrogens (tertiary/aromatic N) is 3. The lowest BCUT2D eigenvalue weighted by atomic mass is 10.1. The van der Waals surface area contributed by atoms with E-state index in [1.165, 1.54) is 17.4 Å². The molecule has 2 aromatic carbocycles. The molecule has 164 valence electrons. The second-order valence-electron chi connectivity index (χ2n) is 7.75. The molecule has 1 aliphatic heterocycles. The van der Waals surface area contributed by atoms with Crippen molar-refractivity contribution in [1.29, 1.82) is 0 Å². The van der Waals surface area contributed by atoms with Gasteiger partial charge in [0.05, 0.1) is 27.0 Å². The third kappa shape index (κ3) is 3.56. The second kappa shape index (κ2) is 7.74. The van der Waals surface area contributed by atoms with Gasteiger partial charge in [-0.1, -0.05) is 36.4 Å². The monoisotopic (exact) mass is 456 g/mol. The first-order chi connectivity index (χ1) is 15.3. The molecule has 32 heavy (non-hydrogen) atoms. The number of H-pyrrole nitrogens is 1. The molecule has 4 aromatic rings. The molecule has 3 heterocycles. The van der Waals surface area contributed by atoms with Crippen LogP contribution in [0.5, 0.6) is 0 Å². The van der Waals surface area contributed by atoms with Gasteiger partial charge in [-0.15, -0.1) is 11.3 Å². The van der Waals surface area contributed by atoms with Crippen molar-refractivity contribution < 1.29 is 18.0 Å². The number of likely N-dealkylation sites (tertiary alicyclic amines) is 1. The zero-order valence-electron chi connectivity index (χ0n) is 17.1. The average Bonchev–Trinajstić information content (AvgIpc) is 3.50. The highest BCUT2D eigenvalue weighted by Crippen LogP contribution is 2.38. The molecule has 1 unspecified atom stereocenters. The molecule has 1 saturated heterocycles. The molecule has 0 radical (unpaired) electrons. The molecule has 5 rings (SSSR count). The molecule has 0 spiro atoms. The summed E-state index contributed by atoms with van der Waals surface area (Å²) in [5, 5.41) is 0.779. The van der Waals surface area contributed by atoms with Gasteiger partial charge in [0.15, 0.2) is 0 Å². The van der Waals surface area contributed by atoms with Gasteiger partial charge in [-0.2, -0.15) is 13.2 Å². The minimum absolute atomic E-state index is 0.122. The molecule has 1 amide bonds. The average molecular weight is 456 g/mol. The van der Waals surface area contributed by atoms with Gasteiger partial charge in [-0.05, 0) is 37.5 Å². The Labute approximate surface area is 185 Å². The van der Waals surface area contributed by atoms with Gasteiger partial charge in [0.1, 0.15) is 17.0 Å². The van der Waals surface area contributed by atoms with E-state index in [2.05, 4.69) is 15.0 Å². The molecule has 1 aliphatic rings. The maximum atomic E-state index is 13.5. The largest absolute Gasteiger partial charge is 0.418 e. The Morgan fingerprint density at radius 2 is 1.91 bits per heavy atom. The minimum atomic E-state index is -4.50. The number of carbonyl (C=O) groups excluding carboxylic acids is 1. The number of aromatic nitrogens is 3. The van der Waals surface area contributed by atoms with Crippen molar-refractivity contribution in [3.05, 3.63) is 70.6 Å². The number of fused-ring (bicyclic) bond motifs is 1. The lowest BCUT2D eigenvalue weighted by molar-refractivity contribution is -0.136. The Morgan fingerprint density at radius 3 is 2.66 bits per heavy atom. The number of nitrogens with one attached hydrogen (secondary N) is 1. The standard InChI is InChI=1S/C23H19F3N4OS/c1-13-27-19(20(32-13)14-7-3-2-4-8-14)22(31)30-12-6-11-17(30)21-28-16-10-5-9-15(18(16)29-21)23(24,25)26/h2-5,7-10,17H,6,11-12H2,1H3,(H,28,29). The number of alkyl halides is 3. The van der Waals surface area contributed by atoms with Crippen LogP contribution in [0.1, 0.15) is 45.8 Å². The molecule has 9 heteroatoms. The molecule has 1 N–H and O–H groups in total. The van der Waals surface area contributed by atoms with E-state index in [4.69, 9.17) is 0 Å².